The summed E-state index contributed by atoms with van der Waals surface area (Å²) in [4.78, 5) is 3.48. The maximum absolute atomic E-state index is 7.14. The van der Waals surface area contributed by atoms with E-state index in [2.05, 4.69) is 4.85 Å². The van der Waals surface area contributed by atoms with E-state index in [1.807, 2.05) is 50.2 Å². The van der Waals surface area contributed by atoms with Crippen LogP contribution in [-0.4, -0.2) is 0 Å². The van der Waals surface area contributed by atoms with Gasteiger partial charge in [0.15, 0.2) is 5.69 Å². The fourth-order valence-corrected chi connectivity index (χ4v) is 2.77. The van der Waals surface area contributed by atoms with E-state index >= 15 is 0 Å². The molecular weight excluding hydrogens is 258 g/mol. The summed E-state index contributed by atoms with van der Waals surface area (Å²) >= 11 is 6.30. The summed E-state index contributed by atoms with van der Waals surface area (Å²) in [5.74, 6) is 0.792. The van der Waals surface area contributed by atoms with Crippen molar-refractivity contribution >= 4 is 17.3 Å². The maximum Gasteiger partial charge on any atom is 0.187 e. The molecule has 0 saturated carbocycles. The molecule has 0 spiro atoms. The van der Waals surface area contributed by atoms with Crippen molar-refractivity contribution in [3.63, 3.8) is 0 Å². The third kappa shape index (κ3) is 1.78. The van der Waals surface area contributed by atoms with Gasteiger partial charge in [0.2, 0.25) is 0 Å². The van der Waals surface area contributed by atoms with E-state index in [-0.39, 0.29) is 0 Å². The molecule has 94 valence electrons. The summed E-state index contributed by atoms with van der Waals surface area (Å²) in [6.07, 6.45) is 0. The van der Waals surface area contributed by atoms with Crippen molar-refractivity contribution in [2.24, 2.45) is 0 Å². The van der Waals surface area contributed by atoms with Gasteiger partial charge in [0.25, 0.3) is 0 Å². The van der Waals surface area contributed by atoms with Crippen LogP contribution in [0.3, 0.4) is 0 Å². The molecule has 1 heterocycles. The predicted octanol–water partition coefficient (Wildman–Crippen LogP) is 5.19. The second-order valence-corrected chi connectivity index (χ2v) is 5.47. The Morgan fingerprint density at radius 1 is 1.21 bits per heavy atom. The van der Waals surface area contributed by atoms with E-state index < -0.39 is 5.60 Å². The lowest BCUT2D eigenvalue weighted by Crippen LogP contribution is -2.29. The largest absolute Gasteiger partial charge is 0.482 e. The second-order valence-electron chi connectivity index (χ2n) is 5.07. The standard InChI is InChI=1S/C16H12ClNO/c1-16(2)12-9-10(18-3)7-8-11(12)15-13(17)5-4-6-14(15)19-16/h4-9H,1-2H3. The van der Waals surface area contributed by atoms with Crippen molar-refractivity contribution in [1.29, 1.82) is 0 Å². The molecular formula is C16H12ClNO. The van der Waals surface area contributed by atoms with Gasteiger partial charge in [-0.25, -0.2) is 4.85 Å². The van der Waals surface area contributed by atoms with Crippen LogP contribution in [0.1, 0.15) is 19.4 Å². The van der Waals surface area contributed by atoms with Crippen LogP contribution >= 0.6 is 11.6 Å². The summed E-state index contributed by atoms with van der Waals surface area (Å²) in [6, 6.07) is 11.3. The molecule has 0 fully saturated rings. The third-order valence-corrected chi connectivity index (χ3v) is 3.71. The molecule has 19 heavy (non-hydrogen) atoms. The molecule has 3 rings (SSSR count). The molecule has 2 nitrogen and oxygen atoms in total. The van der Waals surface area contributed by atoms with Gasteiger partial charge in [-0.1, -0.05) is 29.8 Å². The Labute approximate surface area is 117 Å². The number of fused-ring (bicyclic) bond motifs is 3. The van der Waals surface area contributed by atoms with Crippen LogP contribution in [0, 0.1) is 6.57 Å². The number of hydrogen-bond acceptors (Lipinski definition) is 1. The summed E-state index contributed by atoms with van der Waals surface area (Å²) in [6.45, 7) is 11.1. The average molecular weight is 270 g/mol. The number of hydrogen-bond donors (Lipinski definition) is 0. The molecule has 0 unspecified atom stereocenters. The monoisotopic (exact) mass is 269 g/mol. The van der Waals surface area contributed by atoms with E-state index in [0.29, 0.717) is 10.7 Å². The zero-order valence-electron chi connectivity index (χ0n) is 10.7. The predicted molar refractivity (Wildman–Crippen MR) is 76.8 cm³/mol. The third-order valence-electron chi connectivity index (χ3n) is 3.39. The number of ether oxygens (including phenoxy) is 1. The lowest BCUT2D eigenvalue weighted by Gasteiger charge is -2.35. The maximum atomic E-state index is 7.14. The van der Waals surface area contributed by atoms with E-state index in [1.54, 1.807) is 0 Å². The van der Waals surface area contributed by atoms with Crippen LogP contribution in [-0.2, 0) is 5.60 Å². The van der Waals surface area contributed by atoms with E-state index in [1.165, 1.54) is 0 Å². The first kappa shape index (κ1) is 12.1. The fourth-order valence-electron chi connectivity index (χ4n) is 2.50. The first-order chi connectivity index (χ1) is 9.03. The molecule has 0 amide bonds. The molecule has 0 radical (unpaired) electrons. The molecule has 2 aromatic rings. The van der Waals surface area contributed by atoms with Crippen LogP contribution in [0.25, 0.3) is 16.0 Å². The molecule has 0 bridgehead atoms. The molecule has 1 aliphatic rings. The quantitative estimate of drug-likeness (QED) is 0.601. The molecule has 2 aromatic carbocycles. The van der Waals surface area contributed by atoms with Crippen LogP contribution in [0.15, 0.2) is 36.4 Å². The van der Waals surface area contributed by atoms with Gasteiger partial charge in [-0.2, -0.15) is 0 Å². The average Bonchev–Trinajstić information content (AvgIpc) is 2.37. The summed E-state index contributed by atoms with van der Waals surface area (Å²) in [5.41, 5.74) is 3.11. The van der Waals surface area contributed by atoms with E-state index in [0.717, 1.165) is 22.4 Å². The summed E-state index contributed by atoms with van der Waals surface area (Å²) in [5, 5.41) is 0.671. The van der Waals surface area contributed by atoms with Gasteiger partial charge in [-0.15, -0.1) is 0 Å². The van der Waals surface area contributed by atoms with Crippen molar-refractivity contribution in [1.82, 2.24) is 0 Å². The van der Waals surface area contributed by atoms with Crippen molar-refractivity contribution < 1.29 is 4.74 Å². The van der Waals surface area contributed by atoms with Crippen molar-refractivity contribution in [3.05, 3.63) is 58.4 Å². The van der Waals surface area contributed by atoms with Gasteiger partial charge in [0.05, 0.1) is 11.6 Å². The van der Waals surface area contributed by atoms with Crippen LogP contribution in [0.2, 0.25) is 5.02 Å². The fraction of sp³-hybridized carbons (Fsp3) is 0.188. The first-order valence-corrected chi connectivity index (χ1v) is 6.40. The van der Waals surface area contributed by atoms with Gasteiger partial charge >= 0.3 is 0 Å². The molecule has 0 N–H and O–H groups in total. The van der Waals surface area contributed by atoms with Crippen molar-refractivity contribution in [2.45, 2.75) is 19.4 Å². The Bertz CT molecular complexity index is 713. The Morgan fingerprint density at radius 3 is 2.74 bits per heavy atom. The zero-order valence-corrected chi connectivity index (χ0v) is 11.5. The highest BCUT2D eigenvalue weighted by molar-refractivity contribution is 6.33. The molecule has 0 aliphatic carbocycles. The number of halogens is 1. The van der Waals surface area contributed by atoms with Crippen LogP contribution < -0.4 is 4.74 Å². The van der Waals surface area contributed by atoms with Gasteiger partial charge in [-0.3, -0.25) is 0 Å². The minimum absolute atomic E-state index is 0.465. The number of nitrogens with zero attached hydrogens (tertiary/aromatic N) is 1. The lowest BCUT2D eigenvalue weighted by atomic mass is 9.86. The second kappa shape index (κ2) is 4.01. The van der Waals surface area contributed by atoms with Gasteiger partial charge < -0.3 is 4.74 Å². The zero-order chi connectivity index (χ0) is 13.6. The van der Waals surface area contributed by atoms with Gasteiger partial charge in [-0.05, 0) is 43.2 Å². The van der Waals surface area contributed by atoms with Crippen LogP contribution in [0.4, 0.5) is 5.69 Å². The number of rotatable bonds is 0. The minimum atomic E-state index is -0.465. The molecule has 0 aromatic heterocycles. The Balaban J connectivity index is 2.36. The molecule has 3 heteroatoms. The Hall–Kier alpha value is -1.98. The topological polar surface area (TPSA) is 13.6 Å². The van der Waals surface area contributed by atoms with Crippen LogP contribution in [0.5, 0.6) is 5.75 Å². The summed E-state index contributed by atoms with van der Waals surface area (Å²) in [7, 11) is 0. The van der Waals surface area contributed by atoms with E-state index in [9.17, 15) is 0 Å². The molecule has 0 saturated heterocycles. The van der Waals surface area contributed by atoms with E-state index in [4.69, 9.17) is 22.9 Å². The highest BCUT2D eigenvalue weighted by Crippen LogP contribution is 2.48. The Morgan fingerprint density at radius 2 is 2.00 bits per heavy atom. The number of benzene rings is 2. The minimum Gasteiger partial charge on any atom is -0.482 e. The molecule has 1 aliphatic heterocycles. The highest BCUT2D eigenvalue weighted by Gasteiger charge is 2.33. The van der Waals surface area contributed by atoms with Crippen molar-refractivity contribution in [2.75, 3.05) is 0 Å². The summed E-state index contributed by atoms with van der Waals surface area (Å²) < 4.78 is 6.04. The lowest BCUT2D eigenvalue weighted by molar-refractivity contribution is 0.106. The van der Waals surface area contributed by atoms with Gasteiger partial charge in [0.1, 0.15) is 11.4 Å². The molecule has 0 atom stereocenters. The smallest absolute Gasteiger partial charge is 0.187 e. The Kier molecular flexibility index (Phi) is 2.55. The highest BCUT2D eigenvalue weighted by atomic mass is 35.5. The first-order valence-electron chi connectivity index (χ1n) is 6.03. The normalized spacial score (nSPS) is 14.8. The SMILES string of the molecule is [C-]#[N+]c1ccc2c(c1)C(C)(C)Oc1cccc(Cl)c1-2. The van der Waals surface area contributed by atoms with Crippen molar-refractivity contribution in [3.8, 4) is 16.9 Å². The van der Waals surface area contributed by atoms with Gasteiger partial charge in [0, 0.05) is 5.56 Å².